The zero-order chi connectivity index (χ0) is 28.8. The number of anilines is 1. The minimum absolute atomic E-state index is 0.104. The lowest BCUT2D eigenvalue weighted by Gasteiger charge is -2.18. The minimum atomic E-state index is -4.69. The van der Waals surface area contributed by atoms with Crippen molar-refractivity contribution in [1.82, 2.24) is 14.9 Å². The fourth-order valence-electron chi connectivity index (χ4n) is 4.61. The molecule has 4 aromatic rings. The van der Waals surface area contributed by atoms with Crippen molar-refractivity contribution in [3.05, 3.63) is 82.6 Å². The summed E-state index contributed by atoms with van der Waals surface area (Å²) in [6.45, 7) is -0.406. The Hall–Kier alpha value is -3.99. The van der Waals surface area contributed by atoms with Crippen LogP contribution in [-0.4, -0.2) is 27.5 Å². The molecular weight excluding hydrogens is 555 g/mol. The van der Waals surface area contributed by atoms with Crippen molar-refractivity contribution in [3.63, 3.8) is 0 Å². The van der Waals surface area contributed by atoms with E-state index in [-0.39, 0.29) is 18.4 Å². The number of hydrogen-bond donors (Lipinski definition) is 2. The minimum Gasteiger partial charge on any atom is -0.351 e. The molecule has 2 aromatic heterocycles. The number of alkyl halides is 5. The van der Waals surface area contributed by atoms with Crippen LogP contribution in [0.1, 0.15) is 40.9 Å². The van der Waals surface area contributed by atoms with Crippen LogP contribution in [0.3, 0.4) is 0 Å². The molecule has 40 heavy (non-hydrogen) atoms. The topological polar surface area (TPSA) is 76.0 Å². The molecule has 6 nitrogen and oxygen atoms in total. The highest BCUT2D eigenvalue weighted by atomic mass is 35.5. The number of nitrogens with zero attached hydrogens (tertiary/aromatic N) is 2. The highest BCUT2D eigenvalue weighted by Crippen LogP contribution is 2.57. The van der Waals surface area contributed by atoms with Crippen LogP contribution < -0.4 is 10.6 Å². The van der Waals surface area contributed by atoms with Crippen LogP contribution in [0.5, 0.6) is 0 Å². The highest BCUT2D eigenvalue weighted by molar-refractivity contribution is 6.30. The van der Waals surface area contributed by atoms with Gasteiger partial charge in [0.25, 0.3) is 12.3 Å². The molecular formula is C28H22ClF5N4O2. The average Bonchev–Trinajstić information content (AvgIpc) is 3.67. The smallest absolute Gasteiger partial charge is 0.351 e. The molecule has 0 aliphatic heterocycles. The predicted octanol–water partition coefficient (Wildman–Crippen LogP) is 7.04. The molecule has 0 radical (unpaired) electrons. The molecule has 0 unspecified atom stereocenters. The number of pyridine rings is 1. The van der Waals surface area contributed by atoms with Gasteiger partial charge in [-0.15, -0.1) is 0 Å². The normalized spacial score (nSPS) is 14.4. The Balaban J connectivity index is 1.36. The van der Waals surface area contributed by atoms with Crippen LogP contribution in [0.15, 0.2) is 60.8 Å². The van der Waals surface area contributed by atoms with E-state index in [1.807, 2.05) is 29.8 Å². The first-order chi connectivity index (χ1) is 18.9. The molecule has 0 saturated heterocycles. The molecule has 0 bridgehead atoms. The largest absolute Gasteiger partial charge is 0.403 e. The molecule has 208 valence electrons. The summed E-state index contributed by atoms with van der Waals surface area (Å²) >= 11 is 5.99. The van der Waals surface area contributed by atoms with Gasteiger partial charge in [0, 0.05) is 47.1 Å². The standard InChI is InChI=1S/C28H22ClF5N4O2/c1-38-21-7-6-19(11-17(21)12-22(38)16-2-4-18(29)5-3-16)37-25(39)20-10-15(13-35-23(20)24(30)31)14-36-26(40)27(8-9-27)28(32,33)34/h2-7,10-13,24H,8-9,14H2,1H3,(H,36,40)(H,37,39). The molecule has 2 amide bonds. The Labute approximate surface area is 230 Å². The zero-order valence-electron chi connectivity index (χ0n) is 21.0. The van der Waals surface area contributed by atoms with E-state index in [4.69, 9.17) is 11.6 Å². The Bertz CT molecular complexity index is 1610. The fourth-order valence-corrected chi connectivity index (χ4v) is 4.74. The molecule has 5 rings (SSSR count). The number of carbonyl (C=O) groups is 2. The highest BCUT2D eigenvalue weighted by Gasteiger charge is 2.68. The third-order valence-corrected chi connectivity index (χ3v) is 7.30. The van der Waals surface area contributed by atoms with E-state index in [1.54, 1.807) is 30.3 Å². The van der Waals surface area contributed by atoms with E-state index in [2.05, 4.69) is 15.6 Å². The summed E-state index contributed by atoms with van der Waals surface area (Å²) in [6.07, 6.45) is -7.39. The fraction of sp³-hybridized carbons (Fsp3) is 0.250. The van der Waals surface area contributed by atoms with Gasteiger partial charge in [0.05, 0.1) is 5.56 Å². The van der Waals surface area contributed by atoms with Crippen LogP contribution in [0.25, 0.3) is 22.2 Å². The number of halogens is 6. The molecule has 2 N–H and O–H groups in total. The van der Waals surface area contributed by atoms with E-state index in [9.17, 15) is 31.5 Å². The molecule has 1 aliphatic carbocycles. The molecule has 1 fully saturated rings. The lowest BCUT2D eigenvalue weighted by Crippen LogP contribution is -2.41. The van der Waals surface area contributed by atoms with Gasteiger partial charge in [-0.3, -0.25) is 14.6 Å². The van der Waals surface area contributed by atoms with Crippen LogP contribution in [0, 0.1) is 5.41 Å². The second-order valence-electron chi connectivity index (χ2n) is 9.66. The maximum Gasteiger partial charge on any atom is 0.403 e. The van der Waals surface area contributed by atoms with E-state index in [0.717, 1.165) is 34.4 Å². The van der Waals surface area contributed by atoms with Gasteiger partial charge in [-0.2, -0.15) is 13.2 Å². The molecule has 0 atom stereocenters. The number of rotatable bonds is 7. The average molecular weight is 577 g/mol. The first-order valence-corrected chi connectivity index (χ1v) is 12.6. The number of fused-ring (bicyclic) bond motifs is 1. The van der Waals surface area contributed by atoms with Crippen molar-refractivity contribution in [2.75, 3.05) is 5.32 Å². The number of aromatic nitrogens is 2. The Morgan fingerprint density at radius 1 is 1.07 bits per heavy atom. The number of carbonyl (C=O) groups excluding carboxylic acids is 2. The van der Waals surface area contributed by atoms with Gasteiger partial charge >= 0.3 is 6.18 Å². The van der Waals surface area contributed by atoms with Crippen molar-refractivity contribution in [3.8, 4) is 11.3 Å². The summed E-state index contributed by atoms with van der Waals surface area (Å²) < 4.78 is 68.9. The van der Waals surface area contributed by atoms with Crippen molar-refractivity contribution in [1.29, 1.82) is 0 Å². The summed E-state index contributed by atoms with van der Waals surface area (Å²) in [4.78, 5) is 28.9. The molecule has 2 aromatic carbocycles. The number of hydrogen-bond acceptors (Lipinski definition) is 3. The molecule has 0 spiro atoms. The summed E-state index contributed by atoms with van der Waals surface area (Å²) in [6, 6.07) is 15.4. The maximum atomic E-state index is 13.7. The van der Waals surface area contributed by atoms with Crippen molar-refractivity contribution >= 4 is 40.0 Å². The van der Waals surface area contributed by atoms with Gasteiger partial charge in [-0.25, -0.2) is 8.78 Å². The number of benzene rings is 2. The van der Waals surface area contributed by atoms with Gasteiger partial charge in [0.15, 0.2) is 0 Å². The summed E-state index contributed by atoms with van der Waals surface area (Å²) in [5.74, 6) is -2.07. The quantitative estimate of drug-likeness (QED) is 0.232. The SMILES string of the molecule is Cn1c(-c2ccc(Cl)cc2)cc2cc(NC(=O)c3cc(CNC(=O)C4(C(F)(F)F)CC4)cnc3C(F)F)ccc21. The van der Waals surface area contributed by atoms with Gasteiger partial charge in [-0.05, 0) is 66.4 Å². The first-order valence-electron chi connectivity index (χ1n) is 12.2. The lowest BCUT2D eigenvalue weighted by atomic mass is 10.1. The predicted molar refractivity (Wildman–Crippen MR) is 140 cm³/mol. The second kappa shape index (κ2) is 10.2. The van der Waals surface area contributed by atoms with Gasteiger partial charge in [0.1, 0.15) is 11.1 Å². The summed E-state index contributed by atoms with van der Waals surface area (Å²) in [5, 5.41) is 6.17. The number of amides is 2. The van der Waals surface area contributed by atoms with Gasteiger partial charge in [0.2, 0.25) is 5.91 Å². The van der Waals surface area contributed by atoms with Gasteiger partial charge in [-0.1, -0.05) is 23.7 Å². The van der Waals surface area contributed by atoms with E-state index in [0.29, 0.717) is 10.7 Å². The van der Waals surface area contributed by atoms with Gasteiger partial charge < -0.3 is 15.2 Å². The number of aryl methyl sites for hydroxylation is 1. The Morgan fingerprint density at radius 2 is 1.77 bits per heavy atom. The van der Waals surface area contributed by atoms with E-state index < -0.39 is 47.6 Å². The van der Waals surface area contributed by atoms with Crippen LogP contribution in [-0.2, 0) is 18.4 Å². The summed E-state index contributed by atoms with van der Waals surface area (Å²) in [7, 11) is 1.88. The van der Waals surface area contributed by atoms with Crippen molar-refractivity contribution < 1.29 is 31.5 Å². The first kappa shape index (κ1) is 27.6. The monoisotopic (exact) mass is 576 g/mol. The molecule has 12 heteroatoms. The second-order valence-corrected chi connectivity index (χ2v) is 10.1. The summed E-state index contributed by atoms with van der Waals surface area (Å²) in [5.41, 5.74) is -0.533. The zero-order valence-corrected chi connectivity index (χ0v) is 21.7. The molecule has 2 heterocycles. The molecule has 1 saturated carbocycles. The Morgan fingerprint density at radius 3 is 2.40 bits per heavy atom. The molecule has 1 aliphatic rings. The Kier molecular flexibility index (Phi) is 7.03. The van der Waals surface area contributed by atoms with E-state index >= 15 is 0 Å². The third-order valence-electron chi connectivity index (χ3n) is 7.05. The lowest BCUT2D eigenvalue weighted by molar-refractivity contribution is -0.192. The third kappa shape index (κ3) is 5.13. The van der Waals surface area contributed by atoms with Crippen LogP contribution >= 0.6 is 11.6 Å². The van der Waals surface area contributed by atoms with E-state index in [1.165, 1.54) is 0 Å². The maximum absolute atomic E-state index is 13.7. The van der Waals surface area contributed by atoms with Crippen molar-refractivity contribution in [2.45, 2.75) is 32.0 Å². The van der Waals surface area contributed by atoms with Crippen molar-refractivity contribution in [2.24, 2.45) is 12.5 Å². The van der Waals surface area contributed by atoms with Crippen LogP contribution in [0.2, 0.25) is 5.02 Å². The van der Waals surface area contributed by atoms with Crippen LogP contribution in [0.4, 0.5) is 27.6 Å². The number of nitrogens with one attached hydrogen (secondary N) is 2.